The van der Waals surface area contributed by atoms with Crippen LogP contribution in [0.15, 0.2) is 48.5 Å². The number of aryl methyl sites for hydroxylation is 1. The van der Waals surface area contributed by atoms with Crippen molar-refractivity contribution >= 4 is 17.5 Å². The Labute approximate surface area is 167 Å². The van der Waals surface area contributed by atoms with Gasteiger partial charge in [0.2, 0.25) is 11.7 Å². The number of rotatable bonds is 4. The summed E-state index contributed by atoms with van der Waals surface area (Å²) in [4.78, 5) is 31.0. The number of anilines is 1. The van der Waals surface area contributed by atoms with E-state index in [2.05, 4.69) is 20.5 Å². The second-order valence-corrected chi connectivity index (χ2v) is 7.00. The third-order valence-electron chi connectivity index (χ3n) is 4.99. The Balaban J connectivity index is 1.45. The van der Waals surface area contributed by atoms with E-state index < -0.39 is 17.8 Å². The molecular formula is C21H20FN5O2. The molecule has 0 spiro atoms. The summed E-state index contributed by atoms with van der Waals surface area (Å²) in [6.45, 7) is 0. The fraction of sp³-hybridized carbons (Fsp3) is 0.238. The molecule has 0 bridgehead atoms. The number of benzene rings is 2. The lowest BCUT2D eigenvalue weighted by Crippen LogP contribution is -2.47. The van der Waals surface area contributed by atoms with Crippen LogP contribution in [0.25, 0.3) is 0 Å². The van der Waals surface area contributed by atoms with E-state index in [0.717, 1.165) is 11.1 Å². The number of amides is 2. The number of hydrogen-bond donors (Lipinski definition) is 2. The standard InChI is InChI=1S/C21H20FN5O2/c1-27-17-12-15(22)9-7-14(17)8-10-16(21(27)29)23-20(28)19-24-18(25-26-19)11-13-5-3-2-4-6-13/h2-7,9,12,16H,8,10-11H2,1H3,(H,23,28)(H,24,25,26)/t16-/m0/s1. The van der Waals surface area contributed by atoms with E-state index in [1.54, 1.807) is 13.1 Å². The van der Waals surface area contributed by atoms with Gasteiger partial charge < -0.3 is 10.2 Å². The van der Waals surface area contributed by atoms with Crippen LogP contribution in [0.3, 0.4) is 0 Å². The minimum absolute atomic E-state index is 0.0146. The smallest absolute Gasteiger partial charge is 0.291 e. The van der Waals surface area contributed by atoms with Crippen LogP contribution in [-0.2, 0) is 17.6 Å². The average Bonchev–Trinajstić information content (AvgIpc) is 3.16. The number of likely N-dealkylation sites (N-methyl/N-ethyl adjacent to an activating group) is 1. The molecule has 148 valence electrons. The van der Waals surface area contributed by atoms with Crippen molar-refractivity contribution < 1.29 is 14.0 Å². The van der Waals surface area contributed by atoms with E-state index in [0.29, 0.717) is 30.8 Å². The van der Waals surface area contributed by atoms with Gasteiger partial charge in [0.15, 0.2) is 0 Å². The first-order chi connectivity index (χ1) is 14.0. The van der Waals surface area contributed by atoms with Gasteiger partial charge in [-0.05, 0) is 36.1 Å². The molecule has 3 aromatic rings. The van der Waals surface area contributed by atoms with Gasteiger partial charge in [0.05, 0.1) is 0 Å². The number of nitrogens with one attached hydrogen (secondary N) is 2. The summed E-state index contributed by atoms with van der Waals surface area (Å²) in [5.74, 6) is -0.683. The maximum atomic E-state index is 13.6. The molecule has 0 radical (unpaired) electrons. The number of fused-ring (bicyclic) bond motifs is 1. The van der Waals surface area contributed by atoms with Gasteiger partial charge in [0.1, 0.15) is 17.7 Å². The summed E-state index contributed by atoms with van der Waals surface area (Å²) < 4.78 is 13.6. The first-order valence-electron chi connectivity index (χ1n) is 9.33. The van der Waals surface area contributed by atoms with E-state index >= 15 is 0 Å². The molecule has 29 heavy (non-hydrogen) atoms. The van der Waals surface area contributed by atoms with Crippen LogP contribution in [0.4, 0.5) is 10.1 Å². The van der Waals surface area contributed by atoms with Crippen molar-refractivity contribution in [1.29, 1.82) is 0 Å². The van der Waals surface area contributed by atoms with Crippen LogP contribution in [0.1, 0.15) is 34.0 Å². The van der Waals surface area contributed by atoms with Crippen molar-refractivity contribution in [2.45, 2.75) is 25.3 Å². The molecule has 1 atom stereocenters. The molecule has 0 aliphatic carbocycles. The molecule has 1 aromatic heterocycles. The first kappa shape index (κ1) is 18.8. The van der Waals surface area contributed by atoms with Gasteiger partial charge in [-0.2, -0.15) is 0 Å². The quantitative estimate of drug-likeness (QED) is 0.711. The highest BCUT2D eigenvalue weighted by atomic mass is 19.1. The van der Waals surface area contributed by atoms with Gasteiger partial charge in [-0.3, -0.25) is 14.7 Å². The Morgan fingerprint density at radius 3 is 2.86 bits per heavy atom. The number of halogens is 1. The minimum Gasteiger partial charge on any atom is -0.337 e. The van der Waals surface area contributed by atoms with Crippen LogP contribution in [-0.4, -0.2) is 40.1 Å². The maximum Gasteiger partial charge on any atom is 0.291 e. The van der Waals surface area contributed by atoms with Crippen molar-refractivity contribution in [2.24, 2.45) is 0 Å². The molecular weight excluding hydrogens is 373 g/mol. The van der Waals surface area contributed by atoms with Crippen molar-refractivity contribution in [3.8, 4) is 0 Å². The third-order valence-corrected chi connectivity index (χ3v) is 4.99. The Morgan fingerprint density at radius 1 is 1.28 bits per heavy atom. The lowest BCUT2D eigenvalue weighted by Gasteiger charge is -2.21. The summed E-state index contributed by atoms with van der Waals surface area (Å²) in [5, 5.41) is 9.45. The minimum atomic E-state index is -0.737. The van der Waals surface area contributed by atoms with E-state index in [1.165, 1.54) is 17.0 Å². The Morgan fingerprint density at radius 2 is 2.07 bits per heavy atom. The molecule has 1 aliphatic rings. The zero-order valence-corrected chi connectivity index (χ0v) is 15.9. The summed E-state index contributed by atoms with van der Waals surface area (Å²) >= 11 is 0. The number of carbonyl (C=O) groups is 2. The van der Waals surface area contributed by atoms with Crippen molar-refractivity contribution in [2.75, 3.05) is 11.9 Å². The molecule has 8 heteroatoms. The molecule has 0 unspecified atom stereocenters. The van der Waals surface area contributed by atoms with Crippen LogP contribution < -0.4 is 10.2 Å². The molecule has 2 N–H and O–H groups in total. The summed E-state index contributed by atoms with van der Waals surface area (Å²) in [6, 6.07) is 13.3. The van der Waals surface area contributed by atoms with E-state index in [-0.39, 0.29) is 11.7 Å². The fourth-order valence-corrected chi connectivity index (χ4v) is 3.46. The SMILES string of the molecule is CN1C(=O)[C@@H](NC(=O)c2n[nH]c(Cc3ccccc3)n2)CCc2ccc(F)cc21. The largest absolute Gasteiger partial charge is 0.337 e. The van der Waals surface area contributed by atoms with Crippen LogP contribution in [0, 0.1) is 5.82 Å². The van der Waals surface area contributed by atoms with Crippen molar-refractivity contribution in [3.63, 3.8) is 0 Å². The Kier molecular flexibility index (Phi) is 5.07. The van der Waals surface area contributed by atoms with E-state index in [1.807, 2.05) is 30.3 Å². The number of H-pyrrole nitrogens is 1. The topological polar surface area (TPSA) is 91.0 Å². The predicted octanol–water partition coefficient (Wildman–Crippen LogP) is 2.24. The van der Waals surface area contributed by atoms with Gasteiger partial charge in [-0.15, -0.1) is 5.10 Å². The molecule has 1 aliphatic heterocycles. The molecule has 2 heterocycles. The highest BCUT2D eigenvalue weighted by Gasteiger charge is 2.30. The monoisotopic (exact) mass is 393 g/mol. The molecule has 0 fully saturated rings. The highest BCUT2D eigenvalue weighted by Crippen LogP contribution is 2.27. The Bertz CT molecular complexity index is 1050. The number of carbonyl (C=O) groups excluding carboxylic acids is 2. The van der Waals surface area contributed by atoms with Gasteiger partial charge in [-0.1, -0.05) is 36.4 Å². The van der Waals surface area contributed by atoms with Crippen LogP contribution in [0.2, 0.25) is 0 Å². The van der Waals surface area contributed by atoms with Crippen LogP contribution >= 0.6 is 0 Å². The zero-order chi connectivity index (χ0) is 20.4. The summed E-state index contributed by atoms with van der Waals surface area (Å²) in [6.07, 6.45) is 1.48. The molecule has 2 amide bonds. The lowest BCUT2D eigenvalue weighted by molar-refractivity contribution is -0.120. The predicted molar refractivity (Wildman–Crippen MR) is 105 cm³/mol. The number of aromatic nitrogens is 3. The molecule has 0 saturated carbocycles. The summed E-state index contributed by atoms with van der Waals surface area (Å²) in [5.41, 5.74) is 2.43. The van der Waals surface area contributed by atoms with Gasteiger partial charge in [0.25, 0.3) is 5.91 Å². The second-order valence-electron chi connectivity index (χ2n) is 7.00. The number of nitrogens with zero attached hydrogens (tertiary/aromatic N) is 3. The third kappa shape index (κ3) is 4.01. The average molecular weight is 393 g/mol. The number of aromatic amines is 1. The second kappa shape index (κ2) is 7.83. The highest BCUT2D eigenvalue weighted by molar-refractivity contribution is 6.01. The zero-order valence-electron chi connectivity index (χ0n) is 15.9. The fourth-order valence-electron chi connectivity index (χ4n) is 3.46. The lowest BCUT2D eigenvalue weighted by atomic mass is 10.1. The Hall–Kier alpha value is -3.55. The molecule has 4 rings (SSSR count). The summed E-state index contributed by atoms with van der Waals surface area (Å²) in [7, 11) is 1.58. The molecule has 0 saturated heterocycles. The van der Waals surface area contributed by atoms with Crippen LogP contribution in [0.5, 0.6) is 0 Å². The van der Waals surface area contributed by atoms with Gasteiger partial charge in [0, 0.05) is 19.2 Å². The molecule has 7 nitrogen and oxygen atoms in total. The van der Waals surface area contributed by atoms with Gasteiger partial charge >= 0.3 is 0 Å². The number of hydrogen-bond acceptors (Lipinski definition) is 4. The van der Waals surface area contributed by atoms with Crippen molar-refractivity contribution in [1.82, 2.24) is 20.5 Å². The normalized spacial score (nSPS) is 16.3. The van der Waals surface area contributed by atoms with E-state index in [4.69, 9.17) is 0 Å². The van der Waals surface area contributed by atoms with Crippen molar-refractivity contribution in [3.05, 3.63) is 77.1 Å². The first-order valence-corrected chi connectivity index (χ1v) is 9.33. The van der Waals surface area contributed by atoms with Gasteiger partial charge in [-0.25, -0.2) is 9.37 Å². The molecule has 2 aromatic carbocycles. The maximum absolute atomic E-state index is 13.6. The van der Waals surface area contributed by atoms with E-state index in [9.17, 15) is 14.0 Å².